The average Bonchev–Trinajstić information content (AvgIpc) is 2.03. The lowest BCUT2D eigenvalue weighted by atomic mass is 10.5. The van der Waals surface area contributed by atoms with Crippen molar-refractivity contribution in [3.05, 3.63) is 22.1 Å². The Balaban J connectivity index is 4.59. The van der Waals surface area contributed by atoms with Gasteiger partial charge in [-0.05, 0) is 6.92 Å². The van der Waals surface area contributed by atoms with Crippen molar-refractivity contribution in [2.24, 2.45) is 0 Å². The number of ether oxygens (including phenoxy) is 2. The second-order valence-corrected chi connectivity index (χ2v) is 2.09. The first-order chi connectivity index (χ1) is 6.49. The zero-order valence-corrected chi connectivity index (χ0v) is 7.68. The molecule has 7 heteroatoms. The predicted octanol–water partition coefficient (Wildman–Crippen LogP) is 0.231. The minimum atomic E-state index is -1.14. The molecule has 0 aromatic heterocycles. The molecular weight excluding hydrogens is 194 g/mol. The van der Waals surface area contributed by atoms with E-state index in [0.29, 0.717) is 6.26 Å². The summed E-state index contributed by atoms with van der Waals surface area (Å²) in [7, 11) is 0. The maximum atomic E-state index is 10.9. The normalized spacial score (nSPS) is 10.6. The van der Waals surface area contributed by atoms with E-state index in [1.54, 1.807) is 0 Å². The smallest absolute Gasteiger partial charge is 0.413 e. The van der Waals surface area contributed by atoms with Crippen molar-refractivity contribution < 1.29 is 24.0 Å². The highest BCUT2D eigenvalue weighted by molar-refractivity contribution is 5.85. The van der Waals surface area contributed by atoms with Crippen LogP contribution in [0.15, 0.2) is 12.0 Å². The van der Waals surface area contributed by atoms with Gasteiger partial charge in [0.15, 0.2) is 6.26 Å². The first-order valence-corrected chi connectivity index (χ1v) is 3.68. The van der Waals surface area contributed by atoms with E-state index in [0.717, 1.165) is 6.92 Å². The lowest BCUT2D eigenvalue weighted by Crippen LogP contribution is -2.15. The van der Waals surface area contributed by atoms with Crippen LogP contribution in [0.5, 0.6) is 0 Å². The Morgan fingerprint density at radius 2 is 2.07 bits per heavy atom. The molecule has 0 rings (SSSR count). The highest BCUT2D eigenvalue weighted by Gasteiger charge is 2.24. The average molecular weight is 203 g/mol. The topological polar surface area (TPSA) is 95.7 Å². The van der Waals surface area contributed by atoms with Gasteiger partial charge in [-0.2, -0.15) is 0 Å². The lowest BCUT2D eigenvalue weighted by molar-refractivity contribution is -0.422. The quantitative estimate of drug-likeness (QED) is 0.213. The second kappa shape index (κ2) is 5.68. The molecule has 0 aromatic rings. The molecule has 0 unspecified atom stereocenters. The van der Waals surface area contributed by atoms with Gasteiger partial charge in [0.05, 0.1) is 11.5 Å². The first kappa shape index (κ1) is 12.1. The molecule has 14 heavy (non-hydrogen) atoms. The summed E-state index contributed by atoms with van der Waals surface area (Å²) >= 11 is 0. The van der Waals surface area contributed by atoms with Crippen molar-refractivity contribution in [3.8, 4) is 0 Å². The molecule has 0 saturated carbocycles. The molecule has 0 aliphatic carbocycles. The maximum absolute atomic E-state index is 10.9. The summed E-state index contributed by atoms with van der Waals surface area (Å²) < 4.78 is 8.55. The molecule has 0 saturated heterocycles. The van der Waals surface area contributed by atoms with Gasteiger partial charge in [-0.15, -0.1) is 0 Å². The number of carbonyl (C=O) groups is 2. The van der Waals surface area contributed by atoms with Gasteiger partial charge in [0, 0.05) is 6.92 Å². The monoisotopic (exact) mass is 203 g/mol. The molecular formula is C7H9NO6. The summed E-state index contributed by atoms with van der Waals surface area (Å²) in [5, 5.41) is 10.3. The van der Waals surface area contributed by atoms with E-state index in [1.807, 2.05) is 0 Å². The van der Waals surface area contributed by atoms with Crippen LogP contribution in [-0.2, 0) is 19.1 Å². The van der Waals surface area contributed by atoms with Gasteiger partial charge in [0.1, 0.15) is 0 Å². The van der Waals surface area contributed by atoms with Crippen LogP contribution in [-0.4, -0.2) is 23.5 Å². The molecule has 0 heterocycles. The molecule has 0 aliphatic heterocycles. The number of esters is 2. The van der Waals surface area contributed by atoms with E-state index in [1.165, 1.54) is 6.92 Å². The van der Waals surface area contributed by atoms with Gasteiger partial charge in [-0.1, -0.05) is 0 Å². The molecule has 78 valence electrons. The third-order valence-electron chi connectivity index (χ3n) is 1.02. The third-order valence-corrected chi connectivity index (χ3v) is 1.02. The third kappa shape index (κ3) is 4.19. The molecule has 0 fully saturated rings. The van der Waals surface area contributed by atoms with Crippen molar-refractivity contribution in [1.82, 2.24) is 0 Å². The summed E-state index contributed by atoms with van der Waals surface area (Å²) in [4.78, 5) is 30.5. The standard InChI is InChI=1S/C7H9NO6/c1-3-13-7(10)6(8(11)12)4-14-5(2)9/h4H,3H2,1-2H3. The van der Waals surface area contributed by atoms with Crippen LogP contribution in [0.2, 0.25) is 0 Å². The summed E-state index contributed by atoms with van der Waals surface area (Å²) in [5.41, 5.74) is -0.915. The van der Waals surface area contributed by atoms with E-state index in [9.17, 15) is 19.7 Å². The number of carbonyl (C=O) groups excluding carboxylic acids is 2. The van der Waals surface area contributed by atoms with Crippen LogP contribution < -0.4 is 0 Å². The van der Waals surface area contributed by atoms with E-state index in [4.69, 9.17) is 0 Å². The maximum Gasteiger partial charge on any atom is 0.413 e. The Hall–Kier alpha value is -1.92. The zero-order valence-electron chi connectivity index (χ0n) is 7.68. The van der Waals surface area contributed by atoms with Crippen molar-refractivity contribution in [2.75, 3.05) is 6.61 Å². The highest BCUT2D eigenvalue weighted by atomic mass is 16.6. The zero-order chi connectivity index (χ0) is 11.1. The van der Waals surface area contributed by atoms with Crippen LogP contribution in [0.3, 0.4) is 0 Å². The van der Waals surface area contributed by atoms with Gasteiger partial charge in [-0.25, -0.2) is 4.79 Å². The second-order valence-electron chi connectivity index (χ2n) is 2.09. The van der Waals surface area contributed by atoms with Crippen LogP contribution >= 0.6 is 0 Å². The number of nitro groups is 1. The fraction of sp³-hybridized carbons (Fsp3) is 0.429. The summed E-state index contributed by atoms with van der Waals surface area (Å²) in [5.74, 6) is -1.90. The number of nitrogens with zero attached hydrogens (tertiary/aromatic N) is 1. The Morgan fingerprint density at radius 1 is 1.50 bits per heavy atom. The van der Waals surface area contributed by atoms with Gasteiger partial charge in [0.25, 0.3) is 0 Å². The molecule has 0 aliphatic rings. The highest BCUT2D eigenvalue weighted by Crippen LogP contribution is 2.00. The molecule has 0 N–H and O–H groups in total. The summed E-state index contributed by atoms with van der Waals surface area (Å²) in [6.07, 6.45) is 0.459. The van der Waals surface area contributed by atoms with Crippen molar-refractivity contribution in [2.45, 2.75) is 13.8 Å². The van der Waals surface area contributed by atoms with Crippen molar-refractivity contribution in [3.63, 3.8) is 0 Å². The first-order valence-electron chi connectivity index (χ1n) is 3.68. The molecule has 0 radical (unpaired) electrons. The fourth-order valence-corrected chi connectivity index (χ4v) is 0.510. The number of hydrogen-bond donors (Lipinski definition) is 0. The van der Waals surface area contributed by atoms with E-state index in [2.05, 4.69) is 9.47 Å². The van der Waals surface area contributed by atoms with E-state index < -0.39 is 22.6 Å². The van der Waals surface area contributed by atoms with Gasteiger partial charge >= 0.3 is 17.6 Å². The number of hydrogen-bond acceptors (Lipinski definition) is 6. The molecule has 0 spiro atoms. The van der Waals surface area contributed by atoms with Crippen molar-refractivity contribution in [1.29, 1.82) is 0 Å². The summed E-state index contributed by atoms with van der Waals surface area (Å²) in [6.45, 7) is 2.56. The van der Waals surface area contributed by atoms with E-state index in [-0.39, 0.29) is 6.61 Å². The Bertz CT molecular complexity index is 282. The Labute approximate surface area is 79.4 Å². The summed E-state index contributed by atoms with van der Waals surface area (Å²) in [6, 6.07) is 0. The number of rotatable bonds is 4. The van der Waals surface area contributed by atoms with Gasteiger partial charge in [0.2, 0.25) is 0 Å². The molecule has 0 amide bonds. The Morgan fingerprint density at radius 3 is 2.43 bits per heavy atom. The van der Waals surface area contributed by atoms with Crippen LogP contribution in [0, 0.1) is 10.1 Å². The lowest BCUT2D eigenvalue weighted by Gasteiger charge is -1.98. The van der Waals surface area contributed by atoms with Crippen LogP contribution in [0.25, 0.3) is 0 Å². The Kier molecular flexibility index (Phi) is 4.90. The minimum Gasteiger partial charge on any atom is -0.458 e. The van der Waals surface area contributed by atoms with E-state index >= 15 is 0 Å². The van der Waals surface area contributed by atoms with Gasteiger partial charge < -0.3 is 9.47 Å². The minimum absolute atomic E-state index is 0.00405. The molecule has 0 atom stereocenters. The van der Waals surface area contributed by atoms with Crippen molar-refractivity contribution >= 4 is 11.9 Å². The molecule has 0 bridgehead atoms. The fourth-order valence-electron chi connectivity index (χ4n) is 0.510. The largest absolute Gasteiger partial charge is 0.458 e. The van der Waals surface area contributed by atoms with Crippen LogP contribution in [0.4, 0.5) is 0 Å². The molecule has 7 nitrogen and oxygen atoms in total. The predicted molar refractivity (Wildman–Crippen MR) is 43.5 cm³/mol. The van der Waals surface area contributed by atoms with Gasteiger partial charge in [-0.3, -0.25) is 14.9 Å². The molecule has 0 aromatic carbocycles. The van der Waals surface area contributed by atoms with Crippen LogP contribution in [0.1, 0.15) is 13.8 Å². The SMILES string of the molecule is CCOC(=O)C(=COC(C)=O)[N+](=O)[O-].